The Kier molecular flexibility index (Phi) is 4.31. The molecule has 1 aliphatic rings. The molecule has 0 saturated heterocycles. The fraction of sp³-hybridized carbons (Fsp3) is 0.250. The molecule has 2 atom stereocenters. The van der Waals surface area contributed by atoms with Crippen LogP contribution in [-0.2, 0) is 0 Å². The number of anilines is 2. The smallest absolute Gasteiger partial charge is 0.281 e. The summed E-state index contributed by atoms with van der Waals surface area (Å²) < 4.78 is 21.5. The van der Waals surface area contributed by atoms with Crippen LogP contribution in [0.5, 0.6) is 0 Å². The molecule has 11 heteroatoms. The van der Waals surface area contributed by atoms with Gasteiger partial charge in [0.1, 0.15) is 28.9 Å². The van der Waals surface area contributed by atoms with Gasteiger partial charge in [-0.1, -0.05) is 0 Å². The molecule has 0 unspecified atom stereocenters. The van der Waals surface area contributed by atoms with Crippen molar-refractivity contribution in [2.24, 2.45) is 0 Å². The number of halogens is 1. The average Bonchev–Trinajstić information content (AvgIpc) is 3.11. The first kappa shape index (κ1) is 19.0. The highest BCUT2D eigenvalue weighted by molar-refractivity contribution is 6.00. The van der Waals surface area contributed by atoms with Crippen LogP contribution in [-0.4, -0.2) is 42.3 Å². The third-order valence-electron chi connectivity index (χ3n) is 4.95. The maximum atomic E-state index is 13.1. The second-order valence-electron chi connectivity index (χ2n) is 7.32. The van der Waals surface area contributed by atoms with Crippen LogP contribution in [0.3, 0.4) is 0 Å². The van der Waals surface area contributed by atoms with E-state index in [1.165, 1.54) is 15.3 Å². The van der Waals surface area contributed by atoms with Gasteiger partial charge in [0.05, 0.1) is 12.2 Å². The number of carbonyl (C=O) groups excluding carboxylic acids is 1. The molecule has 1 aliphatic carbocycles. The number of amides is 1. The first-order chi connectivity index (χ1) is 14.9. The Morgan fingerprint density at radius 3 is 2.77 bits per heavy atom. The van der Waals surface area contributed by atoms with Crippen LogP contribution in [0.15, 0.2) is 46.0 Å². The van der Waals surface area contributed by atoms with Crippen molar-refractivity contribution in [1.29, 1.82) is 0 Å². The summed E-state index contributed by atoms with van der Waals surface area (Å²) in [7, 11) is 0. The van der Waals surface area contributed by atoms with E-state index in [2.05, 4.69) is 25.7 Å². The molecule has 4 heterocycles. The van der Waals surface area contributed by atoms with Crippen LogP contribution in [0.25, 0.3) is 11.5 Å². The lowest BCUT2D eigenvalue weighted by molar-refractivity contribution is 0.0949. The number of alkyl halides is 1. The van der Waals surface area contributed by atoms with Gasteiger partial charge in [0.15, 0.2) is 11.5 Å². The molecular formula is C20H18FN7O3. The van der Waals surface area contributed by atoms with Gasteiger partial charge in [-0.25, -0.2) is 18.9 Å². The van der Waals surface area contributed by atoms with E-state index in [4.69, 9.17) is 4.42 Å². The largest absolute Gasteiger partial charge is 0.424 e. The number of hydrogen-bond acceptors (Lipinski definition) is 7. The zero-order valence-corrected chi connectivity index (χ0v) is 16.7. The maximum absolute atomic E-state index is 13.1. The van der Waals surface area contributed by atoms with Gasteiger partial charge in [0.2, 0.25) is 5.88 Å². The average molecular weight is 423 g/mol. The van der Waals surface area contributed by atoms with Crippen LogP contribution < -0.4 is 16.2 Å². The third kappa shape index (κ3) is 3.43. The van der Waals surface area contributed by atoms with Crippen molar-refractivity contribution in [3.8, 4) is 5.88 Å². The van der Waals surface area contributed by atoms with Gasteiger partial charge in [-0.2, -0.15) is 5.10 Å². The van der Waals surface area contributed by atoms with E-state index in [9.17, 15) is 14.0 Å². The minimum atomic E-state index is -1.01. The van der Waals surface area contributed by atoms with Gasteiger partial charge < -0.3 is 15.1 Å². The first-order valence-corrected chi connectivity index (χ1v) is 9.63. The Bertz CT molecular complexity index is 1370. The van der Waals surface area contributed by atoms with E-state index in [0.29, 0.717) is 29.7 Å². The molecule has 10 nitrogen and oxygen atoms in total. The molecule has 31 heavy (non-hydrogen) atoms. The summed E-state index contributed by atoms with van der Waals surface area (Å²) in [5, 5.41) is 9.69. The van der Waals surface area contributed by atoms with Crippen LogP contribution >= 0.6 is 0 Å². The topological polar surface area (TPSA) is 119 Å². The molecule has 0 radical (unpaired) electrons. The van der Waals surface area contributed by atoms with Crippen LogP contribution in [0.2, 0.25) is 0 Å². The Balaban J connectivity index is 1.46. The lowest BCUT2D eigenvalue weighted by Gasteiger charge is -2.08. The number of pyridine rings is 1. The van der Waals surface area contributed by atoms with Crippen molar-refractivity contribution >= 4 is 23.1 Å². The second-order valence-corrected chi connectivity index (χ2v) is 7.32. The van der Waals surface area contributed by atoms with Crippen molar-refractivity contribution in [3.05, 3.63) is 64.3 Å². The predicted octanol–water partition coefficient (Wildman–Crippen LogP) is 2.07. The number of aryl methyl sites for hydroxylation is 2. The van der Waals surface area contributed by atoms with Crippen molar-refractivity contribution in [2.45, 2.75) is 32.5 Å². The normalized spacial score (nSPS) is 17.6. The Morgan fingerprint density at radius 1 is 1.26 bits per heavy atom. The number of oxazole rings is 1. The summed E-state index contributed by atoms with van der Waals surface area (Å²) in [6.07, 6.45) is 3.89. The van der Waals surface area contributed by atoms with E-state index < -0.39 is 18.1 Å². The van der Waals surface area contributed by atoms with E-state index >= 15 is 0 Å². The minimum Gasteiger partial charge on any atom is -0.424 e. The number of nitrogens with one attached hydrogen (secondary N) is 2. The number of aromatic nitrogens is 5. The van der Waals surface area contributed by atoms with Gasteiger partial charge >= 0.3 is 0 Å². The summed E-state index contributed by atoms with van der Waals surface area (Å²) in [5.41, 5.74) is 1.02. The monoisotopic (exact) mass is 423 g/mol. The lowest BCUT2D eigenvalue weighted by Crippen LogP contribution is -2.27. The fourth-order valence-electron chi connectivity index (χ4n) is 3.29. The number of fused-ring (bicyclic) bond motifs is 1. The number of hydrogen-bond donors (Lipinski definition) is 2. The SMILES string of the molecule is Cc1nc(C)c(-n2cccc(Nc3ccn4ncc(C(=O)N[C@@H]5C[C@@H]5F)c4n3)c2=O)o1. The molecule has 2 N–H and O–H groups in total. The summed E-state index contributed by atoms with van der Waals surface area (Å²) in [6.45, 7) is 3.46. The van der Waals surface area contributed by atoms with Gasteiger partial charge in [0.25, 0.3) is 11.5 Å². The quantitative estimate of drug-likeness (QED) is 0.504. The number of rotatable bonds is 5. The zero-order chi connectivity index (χ0) is 21.7. The van der Waals surface area contributed by atoms with E-state index in [1.807, 2.05) is 0 Å². The highest BCUT2D eigenvalue weighted by Crippen LogP contribution is 2.25. The summed E-state index contributed by atoms with van der Waals surface area (Å²) >= 11 is 0. The third-order valence-corrected chi connectivity index (χ3v) is 4.95. The predicted molar refractivity (Wildman–Crippen MR) is 109 cm³/mol. The molecular weight excluding hydrogens is 405 g/mol. The van der Waals surface area contributed by atoms with Crippen molar-refractivity contribution < 1.29 is 13.6 Å². The van der Waals surface area contributed by atoms with Gasteiger partial charge in [-0.3, -0.25) is 14.2 Å². The highest BCUT2D eigenvalue weighted by Gasteiger charge is 2.39. The molecule has 0 aliphatic heterocycles. The van der Waals surface area contributed by atoms with Gasteiger partial charge in [-0.15, -0.1) is 0 Å². The van der Waals surface area contributed by atoms with E-state index in [0.717, 1.165) is 0 Å². The van der Waals surface area contributed by atoms with Crippen LogP contribution in [0.1, 0.15) is 28.4 Å². The molecule has 1 saturated carbocycles. The maximum Gasteiger partial charge on any atom is 0.281 e. The summed E-state index contributed by atoms with van der Waals surface area (Å²) in [4.78, 5) is 34.0. The van der Waals surface area contributed by atoms with E-state index in [-0.39, 0.29) is 22.5 Å². The Morgan fingerprint density at radius 2 is 2.06 bits per heavy atom. The van der Waals surface area contributed by atoms with Crippen molar-refractivity contribution in [1.82, 2.24) is 29.5 Å². The molecule has 1 amide bonds. The minimum absolute atomic E-state index is 0.223. The molecule has 0 spiro atoms. The molecule has 4 aromatic heterocycles. The van der Waals surface area contributed by atoms with Crippen molar-refractivity contribution in [2.75, 3.05) is 5.32 Å². The van der Waals surface area contributed by atoms with Gasteiger partial charge in [0, 0.05) is 25.7 Å². The standard InChI is InChI=1S/C20H18FN7O3/c1-10-20(31-11(2)23-10)27-6-3-4-14(19(27)30)24-16-5-7-28-17(26-16)12(9-22-28)18(29)25-15-8-13(15)21/h3-7,9,13,15H,8H2,1-2H3,(H,24,26)(H,25,29)/t13-,15+/m0/s1. The van der Waals surface area contributed by atoms with Crippen molar-refractivity contribution in [3.63, 3.8) is 0 Å². The first-order valence-electron chi connectivity index (χ1n) is 9.63. The molecule has 4 aromatic rings. The molecule has 5 rings (SSSR count). The number of carbonyl (C=O) groups is 1. The number of nitrogens with zero attached hydrogens (tertiary/aromatic N) is 5. The van der Waals surface area contributed by atoms with Crippen LogP contribution in [0, 0.1) is 13.8 Å². The zero-order valence-electron chi connectivity index (χ0n) is 16.7. The Labute approximate surface area is 174 Å². The molecule has 0 aromatic carbocycles. The Hall–Kier alpha value is -4.02. The molecule has 158 valence electrons. The molecule has 0 bridgehead atoms. The van der Waals surface area contributed by atoms with E-state index in [1.54, 1.807) is 44.4 Å². The molecule has 1 fully saturated rings. The highest BCUT2D eigenvalue weighted by atomic mass is 19.1. The lowest BCUT2D eigenvalue weighted by atomic mass is 10.3. The van der Waals surface area contributed by atoms with Gasteiger partial charge in [-0.05, 0) is 25.1 Å². The summed E-state index contributed by atoms with van der Waals surface area (Å²) in [5.74, 6) is 0.706. The van der Waals surface area contributed by atoms with Crippen LogP contribution in [0.4, 0.5) is 15.9 Å². The second kappa shape index (κ2) is 7.04. The fourth-order valence-corrected chi connectivity index (χ4v) is 3.29. The summed E-state index contributed by atoms with van der Waals surface area (Å²) in [6, 6.07) is 4.47.